The second-order valence-electron chi connectivity index (χ2n) is 7.20. The number of aryl methyl sites for hydroxylation is 2. The van der Waals surface area contributed by atoms with Crippen LogP contribution in [-0.4, -0.2) is 34.6 Å². The van der Waals surface area contributed by atoms with E-state index < -0.39 is 5.92 Å². The maximum Gasteiger partial charge on any atom is 0.328 e. The van der Waals surface area contributed by atoms with Crippen LogP contribution in [0.4, 0.5) is 11.4 Å². The topological polar surface area (TPSA) is 85.6 Å². The Morgan fingerprint density at radius 2 is 1.72 bits per heavy atom. The maximum absolute atomic E-state index is 12.7. The Balaban J connectivity index is 1.50. The lowest BCUT2D eigenvalue weighted by atomic mass is 10.1. The lowest BCUT2D eigenvalue weighted by molar-refractivity contribution is -0.122. The Labute approximate surface area is 167 Å². The van der Waals surface area contributed by atoms with E-state index in [9.17, 15) is 14.4 Å². The number of anilines is 2. The third-order valence-corrected chi connectivity index (χ3v) is 5.42. The number of methoxy groups -OCH3 is 1. The van der Waals surface area contributed by atoms with Gasteiger partial charge in [-0.2, -0.15) is 0 Å². The highest BCUT2D eigenvalue weighted by atomic mass is 16.5. The first-order chi connectivity index (χ1) is 13.9. The number of nitrogens with one attached hydrogen (secondary N) is 1. The molecule has 29 heavy (non-hydrogen) atoms. The highest BCUT2D eigenvalue weighted by Crippen LogP contribution is 2.28. The fourth-order valence-corrected chi connectivity index (χ4v) is 3.72. The molecule has 1 aliphatic heterocycles. The highest BCUT2D eigenvalue weighted by Gasteiger charge is 2.35. The van der Waals surface area contributed by atoms with Crippen LogP contribution in [0.5, 0.6) is 5.75 Å². The molecular formula is C21H22N4O4. The number of benzene rings is 2. The zero-order chi connectivity index (χ0) is 20.7. The van der Waals surface area contributed by atoms with Crippen LogP contribution in [0.15, 0.2) is 47.3 Å². The first-order valence-electron chi connectivity index (χ1n) is 9.30. The molecule has 8 nitrogen and oxygen atoms in total. The van der Waals surface area contributed by atoms with Gasteiger partial charge in [0.2, 0.25) is 11.8 Å². The minimum atomic E-state index is -0.445. The molecule has 1 unspecified atom stereocenters. The summed E-state index contributed by atoms with van der Waals surface area (Å²) >= 11 is 0. The molecule has 0 radical (unpaired) electrons. The van der Waals surface area contributed by atoms with Gasteiger partial charge in [0.1, 0.15) is 5.75 Å². The van der Waals surface area contributed by atoms with Gasteiger partial charge in [0.05, 0.1) is 24.1 Å². The largest absolute Gasteiger partial charge is 0.497 e. The molecule has 1 saturated heterocycles. The molecule has 1 atom stereocenters. The van der Waals surface area contributed by atoms with Crippen molar-refractivity contribution < 1.29 is 14.3 Å². The Hall–Kier alpha value is -3.55. The van der Waals surface area contributed by atoms with Gasteiger partial charge in [-0.05, 0) is 42.5 Å². The number of fused-ring (bicyclic) bond motifs is 1. The molecule has 2 amide bonds. The van der Waals surface area contributed by atoms with E-state index in [1.54, 1.807) is 73.1 Å². The summed E-state index contributed by atoms with van der Waals surface area (Å²) in [5.74, 6) is -0.0360. The smallest absolute Gasteiger partial charge is 0.328 e. The number of hydrogen-bond acceptors (Lipinski definition) is 4. The normalized spacial score (nSPS) is 16.4. The van der Waals surface area contributed by atoms with Gasteiger partial charge in [-0.15, -0.1) is 0 Å². The van der Waals surface area contributed by atoms with Gasteiger partial charge in [-0.3, -0.25) is 18.7 Å². The number of amides is 2. The fourth-order valence-electron chi connectivity index (χ4n) is 3.72. The average Bonchev–Trinajstić information content (AvgIpc) is 3.22. The predicted octanol–water partition coefficient (Wildman–Crippen LogP) is 1.88. The van der Waals surface area contributed by atoms with Gasteiger partial charge in [0.25, 0.3) is 0 Å². The van der Waals surface area contributed by atoms with Gasteiger partial charge in [0, 0.05) is 38.4 Å². The minimum absolute atomic E-state index is 0.0868. The Kier molecular flexibility index (Phi) is 4.62. The predicted molar refractivity (Wildman–Crippen MR) is 110 cm³/mol. The number of aromatic nitrogens is 2. The molecule has 3 aromatic rings. The van der Waals surface area contributed by atoms with Crippen molar-refractivity contribution in [1.29, 1.82) is 0 Å². The zero-order valence-electron chi connectivity index (χ0n) is 16.5. The summed E-state index contributed by atoms with van der Waals surface area (Å²) in [4.78, 5) is 38.9. The van der Waals surface area contributed by atoms with Crippen molar-refractivity contribution >= 4 is 34.2 Å². The third kappa shape index (κ3) is 3.26. The molecule has 0 spiro atoms. The Morgan fingerprint density at radius 1 is 1.03 bits per heavy atom. The number of carbonyl (C=O) groups is 2. The van der Waals surface area contributed by atoms with Crippen LogP contribution in [0.2, 0.25) is 0 Å². The molecule has 2 heterocycles. The van der Waals surface area contributed by atoms with Crippen LogP contribution < -0.4 is 20.6 Å². The molecular weight excluding hydrogens is 372 g/mol. The van der Waals surface area contributed by atoms with E-state index in [1.165, 1.54) is 4.57 Å². The fraction of sp³-hybridized carbons (Fsp3) is 0.286. The van der Waals surface area contributed by atoms with E-state index in [2.05, 4.69) is 5.32 Å². The van der Waals surface area contributed by atoms with Crippen molar-refractivity contribution in [2.45, 2.75) is 6.42 Å². The van der Waals surface area contributed by atoms with Gasteiger partial charge in [-0.25, -0.2) is 4.79 Å². The van der Waals surface area contributed by atoms with Gasteiger partial charge >= 0.3 is 5.69 Å². The first kappa shape index (κ1) is 18.8. The second-order valence-corrected chi connectivity index (χ2v) is 7.20. The molecule has 0 saturated carbocycles. The lowest BCUT2D eigenvalue weighted by Crippen LogP contribution is -2.28. The molecule has 8 heteroatoms. The first-order valence-corrected chi connectivity index (χ1v) is 9.30. The van der Waals surface area contributed by atoms with E-state index in [1.807, 2.05) is 0 Å². The number of ether oxygens (including phenoxy) is 1. The summed E-state index contributed by atoms with van der Waals surface area (Å²) in [6.07, 6.45) is 0.157. The van der Waals surface area contributed by atoms with Crippen LogP contribution in [0, 0.1) is 5.92 Å². The van der Waals surface area contributed by atoms with E-state index in [-0.39, 0.29) is 23.9 Å². The van der Waals surface area contributed by atoms with E-state index >= 15 is 0 Å². The van der Waals surface area contributed by atoms with Crippen molar-refractivity contribution in [1.82, 2.24) is 9.13 Å². The van der Waals surface area contributed by atoms with Crippen LogP contribution in [-0.2, 0) is 23.7 Å². The average molecular weight is 394 g/mol. The molecule has 1 aliphatic rings. The molecule has 4 rings (SSSR count). The van der Waals surface area contributed by atoms with Gasteiger partial charge in [0.15, 0.2) is 0 Å². The molecule has 0 bridgehead atoms. The maximum atomic E-state index is 12.7. The molecule has 1 fully saturated rings. The number of rotatable bonds is 4. The number of carbonyl (C=O) groups excluding carboxylic acids is 2. The van der Waals surface area contributed by atoms with Crippen LogP contribution in [0.3, 0.4) is 0 Å². The van der Waals surface area contributed by atoms with Crippen LogP contribution in [0.25, 0.3) is 11.0 Å². The molecule has 1 N–H and O–H groups in total. The number of hydrogen-bond donors (Lipinski definition) is 1. The van der Waals surface area contributed by atoms with Crippen molar-refractivity contribution in [3.63, 3.8) is 0 Å². The summed E-state index contributed by atoms with van der Waals surface area (Å²) < 4.78 is 8.24. The van der Waals surface area contributed by atoms with Gasteiger partial charge < -0.3 is 15.0 Å². The molecule has 0 aliphatic carbocycles. The van der Waals surface area contributed by atoms with Crippen LogP contribution in [0.1, 0.15) is 6.42 Å². The zero-order valence-corrected chi connectivity index (χ0v) is 16.5. The Morgan fingerprint density at radius 3 is 2.41 bits per heavy atom. The SMILES string of the molecule is COc1ccc(N2CC(C(=O)Nc3ccc4c(c3)n(C)c(=O)n4C)CC2=O)cc1. The van der Waals surface area contributed by atoms with Crippen LogP contribution >= 0.6 is 0 Å². The van der Waals surface area contributed by atoms with E-state index in [0.717, 1.165) is 16.7 Å². The summed E-state index contributed by atoms with van der Waals surface area (Å²) in [5, 5.41) is 2.88. The summed E-state index contributed by atoms with van der Waals surface area (Å²) in [6.45, 7) is 0.322. The molecule has 150 valence electrons. The van der Waals surface area contributed by atoms with Crippen molar-refractivity contribution in [3.05, 3.63) is 52.9 Å². The van der Waals surface area contributed by atoms with Crippen molar-refractivity contribution in [3.8, 4) is 5.75 Å². The summed E-state index contributed by atoms with van der Waals surface area (Å²) in [5.41, 5.74) is 2.74. The molecule has 2 aromatic carbocycles. The van der Waals surface area contributed by atoms with Crippen molar-refractivity contribution in [2.24, 2.45) is 20.0 Å². The van der Waals surface area contributed by atoms with Crippen molar-refractivity contribution in [2.75, 3.05) is 23.9 Å². The van der Waals surface area contributed by atoms with E-state index in [4.69, 9.17) is 4.74 Å². The minimum Gasteiger partial charge on any atom is -0.497 e. The quantitative estimate of drug-likeness (QED) is 0.732. The lowest BCUT2D eigenvalue weighted by Gasteiger charge is -2.17. The summed E-state index contributed by atoms with van der Waals surface area (Å²) in [7, 11) is 4.99. The van der Waals surface area contributed by atoms with E-state index in [0.29, 0.717) is 18.0 Å². The number of nitrogens with zero attached hydrogens (tertiary/aromatic N) is 3. The standard InChI is InChI=1S/C21H22N4O4/c1-23-17-9-4-14(11-18(17)24(2)21(23)28)22-20(27)13-10-19(26)25(12-13)15-5-7-16(29-3)8-6-15/h4-9,11,13H,10,12H2,1-3H3,(H,22,27). The monoisotopic (exact) mass is 394 g/mol. The summed E-state index contributed by atoms with van der Waals surface area (Å²) in [6, 6.07) is 12.5. The van der Waals surface area contributed by atoms with Gasteiger partial charge in [-0.1, -0.05) is 0 Å². The third-order valence-electron chi connectivity index (χ3n) is 5.42. The highest BCUT2D eigenvalue weighted by molar-refractivity contribution is 6.04. The molecule has 1 aromatic heterocycles. The second kappa shape index (κ2) is 7.12. The number of imidazole rings is 1. The Bertz CT molecular complexity index is 1160.